The Morgan fingerprint density at radius 1 is 1.21 bits per heavy atom. The normalized spacial score (nSPS) is 11.1. The topological polar surface area (TPSA) is 32.9 Å². The van der Waals surface area contributed by atoms with Crippen molar-refractivity contribution in [2.75, 3.05) is 0 Å². The van der Waals surface area contributed by atoms with Crippen molar-refractivity contribution >= 4 is 32.6 Å². The summed E-state index contributed by atoms with van der Waals surface area (Å²) in [6, 6.07) is 5.99. The fourth-order valence-electron chi connectivity index (χ4n) is 2.35. The number of Topliss-reactive ketones (excluding diaryl/α,β-unsaturated/α-hetero) is 1. The van der Waals surface area contributed by atoms with E-state index in [2.05, 4.69) is 27.8 Å². The molecule has 1 N–H and O–H groups in total. The highest BCUT2D eigenvalue weighted by atomic mass is 79.9. The van der Waals surface area contributed by atoms with Gasteiger partial charge in [-0.2, -0.15) is 0 Å². The van der Waals surface area contributed by atoms with Crippen LogP contribution in [0.2, 0.25) is 0 Å². The van der Waals surface area contributed by atoms with Gasteiger partial charge >= 0.3 is 0 Å². The molecule has 0 atom stereocenters. The molecule has 0 fully saturated rings. The van der Waals surface area contributed by atoms with Crippen LogP contribution in [-0.4, -0.2) is 10.8 Å². The molecule has 1 aromatic heterocycles. The van der Waals surface area contributed by atoms with Crippen molar-refractivity contribution in [3.8, 4) is 0 Å². The monoisotopic (exact) mass is 321 g/mol. The number of hydrogen-bond acceptors (Lipinski definition) is 1. The lowest BCUT2D eigenvalue weighted by Crippen LogP contribution is -1.97. The molecule has 1 aromatic carbocycles. The molecule has 2 nitrogen and oxygen atoms in total. The van der Waals surface area contributed by atoms with E-state index in [4.69, 9.17) is 0 Å². The highest BCUT2D eigenvalue weighted by Gasteiger charge is 2.11. The first kappa shape index (κ1) is 14.3. The number of hydrogen-bond donors (Lipinski definition) is 1. The van der Waals surface area contributed by atoms with Crippen molar-refractivity contribution in [1.29, 1.82) is 0 Å². The summed E-state index contributed by atoms with van der Waals surface area (Å²) in [6.45, 7) is 2.20. The summed E-state index contributed by atoms with van der Waals surface area (Å²) < 4.78 is 1.01. The van der Waals surface area contributed by atoms with E-state index in [1.165, 1.54) is 19.3 Å². The summed E-state index contributed by atoms with van der Waals surface area (Å²) in [5, 5.41) is 1.02. The van der Waals surface area contributed by atoms with Crippen LogP contribution >= 0.6 is 15.9 Å². The van der Waals surface area contributed by atoms with E-state index in [0.717, 1.165) is 33.8 Å². The molecule has 0 aliphatic rings. The summed E-state index contributed by atoms with van der Waals surface area (Å²) in [4.78, 5) is 15.4. The molecule has 0 saturated carbocycles. The fraction of sp³-hybridized carbons (Fsp3) is 0.438. The average molecular weight is 322 g/mol. The van der Waals surface area contributed by atoms with E-state index in [1.807, 2.05) is 24.4 Å². The molecule has 2 aromatic rings. The molecule has 0 radical (unpaired) electrons. The maximum atomic E-state index is 12.2. The van der Waals surface area contributed by atoms with E-state index in [9.17, 15) is 4.79 Å². The first-order valence-electron chi connectivity index (χ1n) is 7.02. The number of aromatic nitrogens is 1. The molecule has 1 heterocycles. The van der Waals surface area contributed by atoms with Crippen LogP contribution < -0.4 is 0 Å². The molecule has 0 spiro atoms. The van der Waals surface area contributed by atoms with Crippen molar-refractivity contribution < 1.29 is 4.79 Å². The van der Waals surface area contributed by atoms with Crippen molar-refractivity contribution in [3.05, 3.63) is 34.4 Å². The third-order valence-corrected chi connectivity index (χ3v) is 3.94. The van der Waals surface area contributed by atoms with Crippen molar-refractivity contribution in [3.63, 3.8) is 0 Å². The van der Waals surface area contributed by atoms with Crippen molar-refractivity contribution in [2.45, 2.75) is 45.4 Å². The zero-order chi connectivity index (χ0) is 13.7. The second-order valence-corrected chi connectivity index (χ2v) is 5.90. The zero-order valence-electron chi connectivity index (χ0n) is 11.3. The van der Waals surface area contributed by atoms with Crippen LogP contribution in [0.1, 0.15) is 55.8 Å². The number of aromatic amines is 1. The third-order valence-electron chi connectivity index (χ3n) is 3.45. The number of unbranched alkanes of at least 4 members (excludes halogenated alkanes) is 4. The lowest BCUT2D eigenvalue weighted by Gasteiger charge is -2.01. The molecule has 0 saturated heterocycles. The Balaban J connectivity index is 1.99. The predicted molar refractivity (Wildman–Crippen MR) is 83.7 cm³/mol. The molecule has 2 rings (SSSR count). The van der Waals surface area contributed by atoms with Crippen LogP contribution in [0.5, 0.6) is 0 Å². The number of fused-ring (bicyclic) bond motifs is 1. The SMILES string of the molecule is CCCCCCCC(=O)c1c[nH]c2ccc(Br)cc12. The Morgan fingerprint density at radius 2 is 2.00 bits per heavy atom. The van der Waals surface area contributed by atoms with E-state index >= 15 is 0 Å². The fourth-order valence-corrected chi connectivity index (χ4v) is 2.71. The second-order valence-electron chi connectivity index (χ2n) is 4.98. The minimum absolute atomic E-state index is 0.251. The summed E-state index contributed by atoms with van der Waals surface area (Å²) in [5.41, 5.74) is 1.85. The maximum Gasteiger partial charge on any atom is 0.165 e. The van der Waals surface area contributed by atoms with Gasteiger partial charge in [-0.25, -0.2) is 0 Å². The lowest BCUT2D eigenvalue weighted by molar-refractivity contribution is 0.0981. The van der Waals surface area contributed by atoms with Crippen LogP contribution in [0.25, 0.3) is 10.9 Å². The van der Waals surface area contributed by atoms with Gasteiger partial charge < -0.3 is 4.98 Å². The molecular weight excluding hydrogens is 302 g/mol. The van der Waals surface area contributed by atoms with Crippen LogP contribution in [0, 0.1) is 0 Å². The Bertz CT molecular complexity index is 559. The number of benzene rings is 1. The first-order chi connectivity index (χ1) is 9.22. The molecule has 0 bridgehead atoms. The van der Waals surface area contributed by atoms with Gasteiger partial charge in [0.05, 0.1) is 0 Å². The van der Waals surface area contributed by atoms with Gasteiger partial charge in [0.15, 0.2) is 5.78 Å². The molecule has 0 amide bonds. The number of carbonyl (C=O) groups excluding carboxylic acids is 1. The number of halogens is 1. The molecule has 102 valence electrons. The van der Waals surface area contributed by atoms with Gasteiger partial charge in [0.1, 0.15) is 0 Å². The van der Waals surface area contributed by atoms with Gasteiger partial charge in [-0.1, -0.05) is 48.5 Å². The quantitative estimate of drug-likeness (QED) is 0.532. The van der Waals surface area contributed by atoms with E-state index in [0.29, 0.717) is 6.42 Å². The Hall–Kier alpha value is -1.09. The maximum absolute atomic E-state index is 12.2. The smallest absolute Gasteiger partial charge is 0.165 e. The molecule has 0 aliphatic heterocycles. The summed E-state index contributed by atoms with van der Waals surface area (Å²) >= 11 is 3.46. The number of H-pyrrole nitrogens is 1. The second kappa shape index (κ2) is 6.90. The average Bonchev–Trinajstić information content (AvgIpc) is 2.81. The van der Waals surface area contributed by atoms with Gasteiger partial charge in [-0.15, -0.1) is 0 Å². The largest absolute Gasteiger partial charge is 0.360 e. The highest BCUT2D eigenvalue weighted by Crippen LogP contribution is 2.24. The van der Waals surface area contributed by atoms with Crippen molar-refractivity contribution in [2.24, 2.45) is 0 Å². The Labute approximate surface area is 122 Å². The summed E-state index contributed by atoms with van der Waals surface area (Å²) in [7, 11) is 0. The number of rotatable bonds is 7. The summed E-state index contributed by atoms with van der Waals surface area (Å²) in [5.74, 6) is 0.251. The molecular formula is C16H20BrNO. The predicted octanol–water partition coefficient (Wildman–Crippen LogP) is 5.47. The van der Waals surface area contributed by atoms with E-state index in [-0.39, 0.29) is 5.78 Å². The number of nitrogens with one attached hydrogen (secondary N) is 1. The molecule has 0 unspecified atom stereocenters. The Kier molecular flexibility index (Phi) is 5.20. The minimum atomic E-state index is 0.251. The van der Waals surface area contributed by atoms with Gasteiger partial charge in [0.25, 0.3) is 0 Å². The van der Waals surface area contributed by atoms with Gasteiger partial charge in [0, 0.05) is 33.6 Å². The van der Waals surface area contributed by atoms with Crippen molar-refractivity contribution in [1.82, 2.24) is 4.98 Å². The standard InChI is InChI=1S/C16H20BrNO/c1-2-3-4-5-6-7-16(19)14-11-18-15-9-8-12(17)10-13(14)15/h8-11,18H,2-7H2,1H3. The van der Waals surface area contributed by atoms with Gasteiger partial charge in [-0.05, 0) is 24.6 Å². The molecule has 0 aliphatic carbocycles. The Morgan fingerprint density at radius 3 is 2.79 bits per heavy atom. The van der Waals surface area contributed by atoms with Crippen LogP contribution in [0.15, 0.2) is 28.9 Å². The summed E-state index contributed by atoms with van der Waals surface area (Å²) in [6.07, 6.45) is 8.40. The zero-order valence-corrected chi connectivity index (χ0v) is 12.9. The van der Waals surface area contributed by atoms with E-state index in [1.54, 1.807) is 0 Å². The highest BCUT2D eigenvalue weighted by molar-refractivity contribution is 9.10. The number of carbonyl (C=O) groups is 1. The molecule has 3 heteroatoms. The van der Waals surface area contributed by atoms with Crippen LogP contribution in [0.3, 0.4) is 0 Å². The van der Waals surface area contributed by atoms with Gasteiger partial charge in [-0.3, -0.25) is 4.79 Å². The van der Waals surface area contributed by atoms with Gasteiger partial charge in [0.2, 0.25) is 0 Å². The third kappa shape index (κ3) is 3.69. The molecule has 19 heavy (non-hydrogen) atoms. The van der Waals surface area contributed by atoms with Crippen LogP contribution in [0.4, 0.5) is 0 Å². The van der Waals surface area contributed by atoms with Crippen LogP contribution in [-0.2, 0) is 0 Å². The minimum Gasteiger partial charge on any atom is -0.360 e. The first-order valence-corrected chi connectivity index (χ1v) is 7.81. The number of ketones is 1. The van der Waals surface area contributed by atoms with E-state index < -0.39 is 0 Å². The lowest BCUT2D eigenvalue weighted by atomic mass is 10.0.